The quantitative estimate of drug-likeness (QED) is 0.878. The van der Waals surface area contributed by atoms with Gasteiger partial charge in [0.1, 0.15) is 11.5 Å². The van der Waals surface area contributed by atoms with E-state index in [1.807, 2.05) is 24.3 Å². The number of fused-ring (bicyclic) bond motifs is 1. The summed E-state index contributed by atoms with van der Waals surface area (Å²) in [4.78, 5) is 11.5. The molecule has 0 fully saturated rings. The number of aliphatic hydroxyl groups is 1. The molecular weight excluding hydrogens is 252 g/mol. The summed E-state index contributed by atoms with van der Waals surface area (Å²) in [5.74, 6) is -2.04. The number of rotatable bonds is 2. The van der Waals surface area contributed by atoms with Crippen molar-refractivity contribution in [3.8, 4) is 0 Å². The predicted octanol–water partition coefficient (Wildman–Crippen LogP) is 2.65. The molecule has 3 heteroatoms. The molecule has 0 saturated heterocycles. The van der Waals surface area contributed by atoms with Crippen molar-refractivity contribution in [2.24, 2.45) is 5.92 Å². The molecule has 0 aliphatic heterocycles. The molecule has 0 spiro atoms. The first-order valence-corrected chi connectivity index (χ1v) is 6.42. The lowest BCUT2D eigenvalue weighted by Crippen LogP contribution is -2.41. The van der Waals surface area contributed by atoms with Gasteiger partial charge < -0.3 is 10.2 Å². The summed E-state index contributed by atoms with van der Waals surface area (Å²) in [5, 5.41) is 20.6. The molecule has 0 aromatic heterocycles. The van der Waals surface area contributed by atoms with Crippen LogP contribution in [0.5, 0.6) is 0 Å². The summed E-state index contributed by atoms with van der Waals surface area (Å²) in [5.41, 5.74) is 0.514. The molecule has 2 aromatic carbocycles. The molecule has 0 radical (unpaired) electrons. The summed E-state index contributed by atoms with van der Waals surface area (Å²) < 4.78 is 0. The Morgan fingerprint density at radius 1 is 1.00 bits per heavy atom. The zero-order valence-electron chi connectivity index (χ0n) is 10.7. The Morgan fingerprint density at radius 2 is 1.65 bits per heavy atom. The maximum atomic E-state index is 11.5. The summed E-state index contributed by atoms with van der Waals surface area (Å²) in [6, 6.07) is 16.3. The monoisotopic (exact) mass is 266 g/mol. The van der Waals surface area contributed by atoms with Crippen LogP contribution in [0.2, 0.25) is 0 Å². The van der Waals surface area contributed by atoms with Gasteiger partial charge in [0.25, 0.3) is 0 Å². The SMILES string of the molecule is O=C(O)C1C=Cc2ccccc2C1(O)c1ccccc1. The first-order valence-electron chi connectivity index (χ1n) is 6.42. The van der Waals surface area contributed by atoms with Crippen LogP contribution in [-0.4, -0.2) is 16.2 Å². The number of carbonyl (C=O) groups is 1. The molecule has 2 N–H and O–H groups in total. The fourth-order valence-electron chi connectivity index (χ4n) is 2.78. The third-order valence-electron chi connectivity index (χ3n) is 3.77. The second kappa shape index (κ2) is 4.62. The van der Waals surface area contributed by atoms with Crippen molar-refractivity contribution >= 4 is 12.0 Å². The molecule has 0 saturated carbocycles. The van der Waals surface area contributed by atoms with Gasteiger partial charge in [0, 0.05) is 0 Å². The van der Waals surface area contributed by atoms with E-state index in [0.717, 1.165) is 5.56 Å². The predicted molar refractivity (Wildman–Crippen MR) is 76.0 cm³/mol. The van der Waals surface area contributed by atoms with Gasteiger partial charge in [-0.3, -0.25) is 4.79 Å². The Balaban J connectivity index is 2.27. The van der Waals surface area contributed by atoms with Crippen molar-refractivity contribution in [3.63, 3.8) is 0 Å². The highest BCUT2D eigenvalue weighted by Gasteiger charge is 2.45. The maximum absolute atomic E-state index is 11.5. The number of benzene rings is 2. The maximum Gasteiger partial charge on any atom is 0.314 e. The van der Waals surface area contributed by atoms with E-state index >= 15 is 0 Å². The van der Waals surface area contributed by atoms with Gasteiger partial charge in [-0.2, -0.15) is 0 Å². The van der Waals surface area contributed by atoms with Crippen LogP contribution < -0.4 is 0 Å². The summed E-state index contributed by atoms with van der Waals surface area (Å²) >= 11 is 0. The highest BCUT2D eigenvalue weighted by Crippen LogP contribution is 2.42. The van der Waals surface area contributed by atoms with Crippen LogP contribution in [0.25, 0.3) is 6.08 Å². The topological polar surface area (TPSA) is 57.5 Å². The first kappa shape index (κ1) is 12.6. The molecular formula is C17H14O3. The second-order valence-corrected chi connectivity index (χ2v) is 4.89. The number of hydrogen-bond donors (Lipinski definition) is 2. The van der Waals surface area contributed by atoms with E-state index in [1.54, 1.807) is 42.5 Å². The molecule has 0 heterocycles. The van der Waals surface area contributed by atoms with Crippen molar-refractivity contribution < 1.29 is 15.0 Å². The molecule has 2 unspecified atom stereocenters. The number of carboxylic acid groups (broad SMARTS) is 1. The van der Waals surface area contributed by atoms with E-state index in [-0.39, 0.29) is 0 Å². The molecule has 0 amide bonds. The van der Waals surface area contributed by atoms with Crippen LogP contribution >= 0.6 is 0 Å². The zero-order valence-corrected chi connectivity index (χ0v) is 10.7. The second-order valence-electron chi connectivity index (χ2n) is 4.89. The van der Waals surface area contributed by atoms with Gasteiger partial charge in [-0.1, -0.05) is 66.7 Å². The van der Waals surface area contributed by atoms with Gasteiger partial charge in [-0.15, -0.1) is 0 Å². The van der Waals surface area contributed by atoms with Gasteiger partial charge in [0.2, 0.25) is 0 Å². The van der Waals surface area contributed by atoms with Crippen LogP contribution in [0.4, 0.5) is 0 Å². The minimum Gasteiger partial charge on any atom is -0.481 e. The van der Waals surface area contributed by atoms with E-state index < -0.39 is 17.5 Å². The minimum absolute atomic E-state index is 0.587. The van der Waals surface area contributed by atoms with E-state index in [2.05, 4.69) is 0 Å². The molecule has 3 rings (SSSR count). The first-order chi connectivity index (χ1) is 9.64. The normalized spacial score (nSPS) is 24.1. The van der Waals surface area contributed by atoms with E-state index in [9.17, 15) is 15.0 Å². The Labute approximate surface area is 116 Å². The van der Waals surface area contributed by atoms with Crippen LogP contribution in [0.15, 0.2) is 60.7 Å². The fourth-order valence-corrected chi connectivity index (χ4v) is 2.78. The summed E-state index contributed by atoms with van der Waals surface area (Å²) in [6.45, 7) is 0. The van der Waals surface area contributed by atoms with E-state index in [1.165, 1.54) is 0 Å². The number of aliphatic carboxylic acids is 1. The van der Waals surface area contributed by atoms with Crippen LogP contribution in [0, 0.1) is 5.92 Å². The Bertz CT molecular complexity index is 676. The van der Waals surface area contributed by atoms with Crippen LogP contribution in [-0.2, 0) is 10.4 Å². The van der Waals surface area contributed by atoms with Crippen molar-refractivity contribution in [2.45, 2.75) is 5.60 Å². The lowest BCUT2D eigenvalue weighted by molar-refractivity contribution is -0.147. The summed E-state index contributed by atoms with van der Waals surface area (Å²) in [7, 11) is 0. The average molecular weight is 266 g/mol. The van der Waals surface area contributed by atoms with Crippen molar-refractivity contribution in [2.75, 3.05) is 0 Å². The van der Waals surface area contributed by atoms with Crippen molar-refractivity contribution in [3.05, 3.63) is 77.4 Å². The lowest BCUT2D eigenvalue weighted by Gasteiger charge is -2.37. The molecule has 100 valence electrons. The highest BCUT2D eigenvalue weighted by atomic mass is 16.4. The smallest absolute Gasteiger partial charge is 0.314 e. The van der Waals surface area contributed by atoms with E-state index in [0.29, 0.717) is 11.1 Å². The molecule has 2 aromatic rings. The largest absolute Gasteiger partial charge is 0.481 e. The zero-order chi connectivity index (χ0) is 14.2. The fraction of sp³-hybridized carbons (Fsp3) is 0.118. The average Bonchev–Trinajstić information content (AvgIpc) is 2.48. The number of carboxylic acids is 1. The molecule has 1 aliphatic rings. The van der Waals surface area contributed by atoms with Gasteiger partial charge in [-0.05, 0) is 16.7 Å². The Morgan fingerprint density at radius 3 is 2.35 bits per heavy atom. The third-order valence-corrected chi connectivity index (χ3v) is 3.77. The molecule has 1 aliphatic carbocycles. The Kier molecular flexibility index (Phi) is 2.92. The van der Waals surface area contributed by atoms with Crippen molar-refractivity contribution in [1.29, 1.82) is 0 Å². The molecule has 3 nitrogen and oxygen atoms in total. The van der Waals surface area contributed by atoms with E-state index in [4.69, 9.17) is 0 Å². The van der Waals surface area contributed by atoms with Gasteiger partial charge in [-0.25, -0.2) is 0 Å². The van der Waals surface area contributed by atoms with Crippen LogP contribution in [0.1, 0.15) is 16.7 Å². The molecule has 0 bridgehead atoms. The van der Waals surface area contributed by atoms with Gasteiger partial charge >= 0.3 is 5.97 Å². The standard InChI is InChI=1S/C17H14O3/c18-16(19)15-11-10-12-6-4-5-9-14(12)17(15,20)13-7-2-1-3-8-13/h1-11,15,20H,(H,18,19). The van der Waals surface area contributed by atoms with Gasteiger partial charge in [0.05, 0.1) is 0 Å². The van der Waals surface area contributed by atoms with Crippen LogP contribution in [0.3, 0.4) is 0 Å². The minimum atomic E-state index is -1.54. The number of hydrogen-bond acceptors (Lipinski definition) is 2. The lowest BCUT2D eigenvalue weighted by atomic mass is 9.71. The third kappa shape index (κ3) is 1.75. The summed E-state index contributed by atoms with van der Waals surface area (Å²) in [6.07, 6.45) is 3.31. The molecule has 20 heavy (non-hydrogen) atoms. The van der Waals surface area contributed by atoms with Gasteiger partial charge in [0.15, 0.2) is 0 Å². The highest BCUT2D eigenvalue weighted by molar-refractivity contribution is 5.80. The molecule has 2 atom stereocenters. The Hall–Kier alpha value is -2.39. The van der Waals surface area contributed by atoms with Crippen molar-refractivity contribution in [1.82, 2.24) is 0 Å².